The van der Waals surface area contributed by atoms with Gasteiger partial charge in [-0.05, 0) is 105 Å². The van der Waals surface area contributed by atoms with Gasteiger partial charge < -0.3 is 0 Å². The van der Waals surface area contributed by atoms with Crippen LogP contribution >= 0.6 is 0 Å². The Balaban J connectivity index is 2.55. The molecule has 0 heteroatoms. The fourth-order valence-electron chi connectivity index (χ4n) is 5.89. The van der Waals surface area contributed by atoms with Crippen LogP contribution in [0, 0.1) is 53.3 Å². The van der Waals surface area contributed by atoms with E-state index in [1.54, 1.807) is 0 Å². The Morgan fingerprint density at radius 3 is 1.90 bits per heavy atom. The average molecular weight is 419 g/mol. The second kappa shape index (κ2) is 14.0. The van der Waals surface area contributed by atoms with Gasteiger partial charge in [0.1, 0.15) is 0 Å². The fourth-order valence-corrected chi connectivity index (χ4v) is 5.89. The van der Waals surface area contributed by atoms with Gasteiger partial charge in [0.05, 0.1) is 0 Å². The van der Waals surface area contributed by atoms with Gasteiger partial charge in [-0.3, -0.25) is 0 Å². The third-order valence-electron chi connectivity index (χ3n) is 8.74. The minimum atomic E-state index is 0.691. The van der Waals surface area contributed by atoms with Gasteiger partial charge in [-0.2, -0.15) is 0 Å². The second-order valence-electron chi connectivity index (χ2n) is 12.5. The summed E-state index contributed by atoms with van der Waals surface area (Å²) in [6.45, 7) is 26.0. The predicted molar refractivity (Wildman–Crippen MR) is 138 cm³/mol. The fraction of sp³-hybridized carbons (Fsp3) is 0.933. The van der Waals surface area contributed by atoms with Crippen LogP contribution in [0.5, 0.6) is 0 Å². The number of allylic oxidation sites excluding steroid dienone is 1. The van der Waals surface area contributed by atoms with Crippen molar-refractivity contribution in [3.05, 3.63) is 12.2 Å². The van der Waals surface area contributed by atoms with E-state index >= 15 is 0 Å². The van der Waals surface area contributed by atoms with Crippen LogP contribution in [-0.2, 0) is 0 Å². The van der Waals surface area contributed by atoms with Gasteiger partial charge in [-0.15, -0.1) is 0 Å². The predicted octanol–water partition coefficient (Wildman–Crippen LogP) is 10.2. The van der Waals surface area contributed by atoms with Crippen molar-refractivity contribution < 1.29 is 0 Å². The van der Waals surface area contributed by atoms with Crippen LogP contribution < -0.4 is 0 Å². The Morgan fingerprint density at radius 1 is 0.733 bits per heavy atom. The molecule has 0 aliphatic heterocycles. The van der Waals surface area contributed by atoms with Crippen molar-refractivity contribution in [1.29, 1.82) is 0 Å². The van der Waals surface area contributed by atoms with Gasteiger partial charge >= 0.3 is 0 Å². The lowest BCUT2D eigenvalue weighted by atomic mass is 9.74. The first-order valence-corrected chi connectivity index (χ1v) is 13.7. The molecular weight excluding hydrogens is 360 g/mol. The van der Waals surface area contributed by atoms with Crippen molar-refractivity contribution in [2.45, 2.75) is 127 Å². The summed E-state index contributed by atoms with van der Waals surface area (Å²) in [5.41, 5.74) is 1.36. The van der Waals surface area contributed by atoms with Gasteiger partial charge in [-0.25, -0.2) is 0 Å². The molecule has 0 N–H and O–H groups in total. The van der Waals surface area contributed by atoms with Gasteiger partial charge in [-0.1, -0.05) is 86.8 Å². The van der Waals surface area contributed by atoms with E-state index in [1.807, 2.05) is 0 Å². The van der Waals surface area contributed by atoms with Crippen LogP contribution in [0.2, 0.25) is 0 Å². The van der Waals surface area contributed by atoms with Crippen LogP contribution in [0.1, 0.15) is 127 Å². The first kappa shape index (κ1) is 27.8. The molecule has 0 aromatic rings. The van der Waals surface area contributed by atoms with Crippen molar-refractivity contribution >= 4 is 0 Å². The molecule has 0 nitrogen and oxygen atoms in total. The van der Waals surface area contributed by atoms with Crippen LogP contribution in [0.3, 0.4) is 0 Å². The Morgan fingerprint density at radius 2 is 1.33 bits per heavy atom. The van der Waals surface area contributed by atoms with E-state index in [2.05, 4.69) is 68.9 Å². The van der Waals surface area contributed by atoms with Crippen molar-refractivity contribution in [2.75, 3.05) is 0 Å². The molecule has 0 heterocycles. The summed E-state index contributed by atoms with van der Waals surface area (Å²) in [7, 11) is 0. The van der Waals surface area contributed by atoms with Crippen LogP contribution in [-0.4, -0.2) is 0 Å². The highest BCUT2D eigenvalue weighted by atomic mass is 14.4. The Kier molecular flexibility index (Phi) is 13.0. The molecule has 0 saturated heterocycles. The molecule has 0 aromatic carbocycles. The molecule has 1 rings (SSSR count). The maximum atomic E-state index is 4.16. The van der Waals surface area contributed by atoms with E-state index in [0.29, 0.717) is 5.92 Å². The first-order chi connectivity index (χ1) is 14.0. The zero-order valence-corrected chi connectivity index (χ0v) is 22.5. The van der Waals surface area contributed by atoms with Crippen LogP contribution in [0.15, 0.2) is 12.2 Å². The monoisotopic (exact) mass is 418 g/mol. The molecule has 0 aromatic heterocycles. The molecule has 1 aliphatic rings. The third kappa shape index (κ3) is 10.4. The molecule has 7 atom stereocenters. The lowest BCUT2D eigenvalue weighted by molar-refractivity contribution is 0.186. The van der Waals surface area contributed by atoms with E-state index in [0.717, 1.165) is 47.3 Å². The molecule has 178 valence electrons. The van der Waals surface area contributed by atoms with Crippen LogP contribution in [0.4, 0.5) is 0 Å². The smallest absolute Gasteiger partial charge is 0.0237 e. The number of rotatable bonds is 15. The second-order valence-corrected chi connectivity index (χ2v) is 12.5. The van der Waals surface area contributed by atoms with Crippen molar-refractivity contribution in [3.8, 4) is 0 Å². The SMILES string of the molecule is C=C(C)C(C)CCC(C)C1CCC(C(C)C(CCC(C)CCC(C)C)CC(C)C)C1. The molecule has 1 saturated carbocycles. The van der Waals surface area contributed by atoms with E-state index < -0.39 is 0 Å². The summed E-state index contributed by atoms with van der Waals surface area (Å²) >= 11 is 0. The summed E-state index contributed by atoms with van der Waals surface area (Å²) in [6.07, 6.45) is 14.4. The van der Waals surface area contributed by atoms with Crippen molar-refractivity contribution in [2.24, 2.45) is 53.3 Å². The summed E-state index contributed by atoms with van der Waals surface area (Å²) < 4.78 is 0. The molecule has 0 amide bonds. The van der Waals surface area contributed by atoms with Crippen molar-refractivity contribution in [3.63, 3.8) is 0 Å². The summed E-state index contributed by atoms with van der Waals surface area (Å²) in [5.74, 6) is 7.98. The van der Waals surface area contributed by atoms with E-state index in [4.69, 9.17) is 0 Å². The Hall–Kier alpha value is -0.260. The zero-order chi connectivity index (χ0) is 22.8. The highest BCUT2D eigenvalue weighted by molar-refractivity contribution is 4.94. The average Bonchev–Trinajstić information content (AvgIpc) is 3.16. The highest BCUT2D eigenvalue weighted by Crippen LogP contribution is 2.45. The standard InChI is InChI=1S/C30H58/c1-21(2)11-12-24(7)13-16-29(19-22(3)4)27(10)30-18-17-28(20-30)26(9)15-14-25(8)23(5)6/h21-22,24-30H,5,11-20H2,1-4,6-10H3. The van der Waals surface area contributed by atoms with E-state index in [1.165, 1.54) is 69.8 Å². The lowest BCUT2D eigenvalue weighted by Crippen LogP contribution is -2.22. The molecule has 0 bridgehead atoms. The first-order valence-electron chi connectivity index (χ1n) is 13.7. The third-order valence-corrected chi connectivity index (χ3v) is 8.74. The maximum absolute atomic E-state index is 4.16. The van der Waals surface area contributed by atoms with Gasteiger partial charge in [0.2, 0.25) is 0 Å². The topological polar surface area (TPSA) is 0 Å². The highest BCUT2D eigenvalue weighted by Gasteiger charge is 2.34. The number of hydrogen-bond donors (Lipinski definition) is 0. The normalized spacial score (nSPS) is 24.8. The molecule has 0 radical (unpaired) electrons. The van der Waals surface area contributed by atoms with E-state index in [-0.39, 0.29) is 0 Å². The van der Waals surface area contributed by atoms with E-state index in [9.17, 15) is 0 Å². The maximum Gasteiger partial charge on any atom is -0.0237 e. The van der Waals surface area contributed by atoms with Gasteiger partial charge in [0, 0.05) is 0 Å². The summed E-state index contributed by atoms with van der Waals surface area (Å²) in [5, 5.41) is 0. The molecule has 30 heavy (non-hydrogen) atoms. The lowest BCUT2D eigenvalue weighted by Gasteiger charge is -2.32. The summed E-state index contributed by atoms with van der Waals surface area (Å²) in [6, 6.07) is 0. The minimum Gasteiger partial charge on any atom is -0.0999 e. The Bertz CT molecular complexity index is 459. The van der Waals surface area contributed by atoms with Gasteiger partial charge in [0.15, 0.2) is 0 Å². The minimum absolute atomic E-state index is 0.691. The molecule has 0 spiro atoms. The number of hydrogen-bond acceptors (Lipinski definition) is 0. The molecule has 1 fully saturated rings. The molecule has 1 aliphatic carbocycles. The molecule has 7 unspecified atom stereocenters. The quantitative estimate of drug-likeness (QED) is 0.232. The zero-order valence-electron chi connectivity index (χ0n) is 22.5. The van der Waals surface area contributed by atoms with Gasteiger partial charge in [0.25, 0.3) is 0 Å². The largest absolute Gasteiger partial charge is 0.0999 e. The Labute approximate surface area is 192 Å². The van der Waals surface area contributed by atoms with Crippen LogP contribution in [0.25, 0.3) is 0 Å². The summed E-state index contributed by atoms with van der Waals surface area (Å²) in [4.78, 5) is 0. The van der Waals surface area contributed by atoms with Crippen molar-refractivity contribution in [1.82, 2.24) is 0 Å². The molecular formula is C30H58.